The van der Waals surface area contributed by atoms with Crippen LogP contribution in [0.25, 0.3) is 0 Å². The number of nitrogens with one attached hydrogen (secondary N) is 3. The van der Waals surface area contributed by atoms with Crippen LogP contribution >= 0.6 is 0 Å². The molecule has 0 aliphatic heterocycles. The van der Waals surface area contributed by atoms with E-state index in [2.05, 4.69) is 28.0 Å². The third-order valence-electron chi connectivity index (χ3n) is 5.15. The van der Waals surface area contributed by atoms with Crippen LogP contribution in [0.4, 0.5) is 5.69 Å². The van der Waals surface area contributed by atoms with Crippen LogP contribution in [0.2, 0.25) is 0 Å². The van der Waals surface area contributed by atoms with Crippen LogP contribution in [0.15, 0.2) is 89.3 Å². The first kappa shape index (κ1) is 25.2. The molecule has 2 aliphatic rings. The summed E-state index contributed by atoms with van der Waals surface area (Å²) in [6, 6.07) is 5.76. The minimum absolute atomic E-state index is 0.0447. The fourth-order valence-electron chi connectivity index (χ4n) is 3.40. The van der Waals surface area contributed by atoms with Gasteiger partial charge < -0.3 is 15.4 Å². The number of carbonyl (C=O) groups excluding carboxylic acids is 2. The Morgan fingerprint density at radius 2 is 1.79 bits per heavy atom. The van der Waals surface area contributed by atoms with E-state index in [0.717, 1.165) is 43.1 Å². The minimum atomic E-state index is -3.75. The monoisotopic (exact) mass is 483 g/mol. The predicted molar refractivity (Wildman–Crippen MR) is 131 cm³/mol. The maximum atomic E-state index is 12.4. The molecule has 8 nitrogen and oxygen atoms in total. The van der Waals surface area contributed by atoms with E-state index in [1.165, 1.54) is 24.3 Å². The molecule has 0 radical (unpaired) electrons. The third-order valence-corrected chi connectivity index (χ3v) is 6.63. The summed E-state index contributed by atoms with van der Waals surface area (Å²) in [5.41, 5.74) is 1.38. The van der Waals surface area contributed by atoms with Gasteiger partial charge in [0, 0.05) is 18.8 Å². The standard InChI is InChI=1S/C25H29N3O5S/c1-2-24(29)28-20-12-14-22(15-13-20)34(31,32)27-17-16-26-25(30)18-19-8-6-7-11-23(19)33-21-9-4-3-5-10-21/h2,4,7,9-15,27H,1,3,5-6,8,16-18H2,(H,26,30)(H,28,29). The van der Waals surface area contributed by atoms with Gasteiger partial charge in [-0.1, -0.05) is 18.7 Å². The number of allylic oxidation sites excluding steroid dienone is 5. The van der Waals surface area contributed by atoms with Crippen molar-refractivity contribution in [3.63, 3.8) is 0 Å². The first-order valence-corrected chi connectivity index (χ1v) is 12.6. The Balaban J connectivity index is 1.47. The Morgan fingerprint density at radius 1 is 1.03 bits per heavy atom. The minimum Gasteiger partial charge on any atom is -0.458 e. The number of sulfonamides is 1. The summed E-state index contributed by atoms with van der Waals surface area (Å²) in [5, 5.41) is 5.30. The zero-order valence-corrected chi connectivity index (χ0v) is 19.7. The van der Waals surface area contributed by atoms with Gasteiger partial charge in [0.05, 0.1) is 11.3 Å². The number of carbonyl (C=O) groups is 2. The molecule has 180 valence electrons. The topological polar surface area (TPSA) is 114 Å². The molecule has 1 aromatic rings. The molecular weight excluding hydrogens is 454 g/mol. The summed E-state index contributed by atoms with van der Waals surface area (Å²) in [5.74, 6) is 0.913. The number of anilines is 1. The molecule has 2 amide bonds. The molecule has 0 saturated heterocycles. The maximum Gasteiger partial charge on any atom is 0.247 e. The number of benzene rings is 1. The van der Waals surface area contributed by atoms with Crippen LogP contribution in [-0.2, 0) is 24.3 Å². The van der Waals surface area contributed by atoms with Crippen molar-refractivity contribution in [2.75, 3.05) is 18.4 Å². The summed E-state index contributed by atoms with van der Waals surface area (Å²) in [6.45, 7) is 3.56. The van der Waals surface area contributed by atoms with Gasteiger partial charge in [0.1, 0.15) is 11.5 Å². The van der Waals surface area contributed by atoms with Gasteiger partial charge in [-0.05, 0) is 79.8 Å². The normalized spacial score (nSPS) is 15.5. The second-order valence-electron chi connectivity index (χ2n) is 7.74. The maximum absolute atomic E-state index is 12.4. The number of hydrogen-bond acceptors (Lipinski definition) is 5. The highest BCUT2D eigenvalue weighted by Crippen LogP contribution is 2.26. The zero-order valence-electron chi connectivity index (χ0n) is 18.9. The third kappa shape index (κ3) is 7.57. The molecule has 0 aromatic heterocycles. The quantitative estimate of drug-likeness (QED) is 0.330. The van der Waals surface area contributed by atoms with Gasteiger partial charge in [0.15, 0.2) is 0 Å². The van der Waals surface area contributed by atoms with Crippen molar-refractivity contribution < 1.29 is 22.7 Å². The molecule has 0 bridgehead atoms. The van der Waals surface area contributed by atoms with Gasteiger partial charge in [-0.3, -0.25) is 9.59 Å². The lowest BCUT2D eigenvalue weighted by Gasteiger charge is -2.18. The highest BCUT2D eigenvalue weighted by molar-refractivity contribution is 7.89. The van der Waals surface area contributed by atoms with E-state index in [9.17, 15) is 18.0 Å². The summed E-state index contributed by atoms with van der Waals surface area (Å²) < 4.78 is 33.3. The average Bonchev–Trinajstić information content (AvgIpc) is 2.84. The fourth-order valence-corrected chi connectivity index (χ4v) is 4.43. The molecule has 3 N–H and O–H groups in total. The van der Waals surface area contributed by atoms with Crippen LogP contribution < -0.4 is 15.4 Å². The van der Waals surface area contributed by atoms with Gasteiger partial charge in [-0.15, -0.1) is 0 Å². The molecule has 0 fully saturated rings. The number of amides is 2. The second kappa shape index (κ2) is 12.2. The van der Waals surface area contributed by atoms with E-state index in [-0.39, 0.29) is 36.2 Å². The van der Waals surface area contributed by atoms with Crippen molar-refractivity contribution in [2.24, 2.45) is 0 Å². The van der Waals surface area contributed by atoms with E-state index in [4.69, 9.17) is 4.74 Å². The molecular formula is C25H29N3O5S. The highest BCUT2D eigenvalue weighted by atomic mass is 32.2. The van der Waals surface area contributed by atoms with Crippen LogP contribution in [0.1, 0.15) is 32.1 Å². The summed E-state index contributed by atoms with van der Waals surface area (Å²) in [4.78, 5) is 23.8. The zero-order chi connectivity index (χ0) is 24.4. The largest absolute Gasteiger partial charge is 0.458 e. The van der Waals surface area contributed by atoms with Gasteiger partial charge in [0.2, 0.25) is 21.8 Å². The molecule has 0 atom stereocenters. The average molecular weight is 484 g/mol. The summed E-state index contributed by atoms with van der Waals surface area (Å²) in [7, 11) is -3.75. The molecule has 9 heteroatoms. The Labute approximate surface area is 200 Å². The Bertz CT molecular complexity index is 1150. The van der Waals surface area contributed by atoms with Crippen molar-refractivity contribution in [1.82, 2.24) is 10.0 Å². The van der Waals surface area contributed by atoms with Crippen LogP contribution in [0.3, 0.4) is 0 Å². The van der Waals surface area contributed by atoms with Gasteiger partial charge in [-0.25, -0.2) is 13.1 Å². The van der Waals surface area contributed by atoms with E-state index in [1.807, 2.05) is 24.3 Å². The Hall–Kier alpha value is -3.43. The van der Waals surface area contributed by atoms with E-state index < -0.39 is 10.0 Å². The molecule has 0 heterocycles. The van der Waals surface area contributed by atoms with Crippen LogP contribution in [0.5, 0.6) is 0 Å². The molecule has 0 saturated carbocycles. The van der Waals surface area contributed by atoms with Crippen molar-refractivity contribution in [3.8, 4) is 0 Å². The van der Waals surface area contributed by atoms with Crippen molar-refractivity contribution >= 4 is 27.5 Å². The molecule has 1 aromatic carbocycles. The van der Waals surface area contributed by atoms with Crippen molar-refractivity contribution in [3.05, 3.63) is 84.4 Å². The fraction of sp³-hybridized carbons (Fsp3) is 0.280. The van der Waals surface area contributed by atoms with Gasteiger partial charge in [0.25, 0.3) is 0 Å². The van der Waals surface area contributed by atoms with Crippen molar-refractivity contribution in [1.29, 1.82) is 0 Å². The van der Waals surface area contributed by atoms with E-state index >= 15 is 0 Å². The van der Waals surface area contributed by atoms with Crippen LogP contribution in [0, 0.1) is 0 Å². The molecule has 2 aliphatic carbocycles. The smallest absolute Gasteiger partial charge is 0.247 e. The number of hydrogen-bond donors (Lipinski definition) is 3. The van der Waals surface area contributed by atoms with Gasteiger partial charge >= 0.3 is 0 Å². The number of ether oxygens (including phenoxy) is 1. The number of rotatable bonds is 11. The molecule has 0 unspecified atom stereocenters. The van der Waals surface area contributed by atoms with Crippen molar-refractivity contribution in [2.45, 2.75) is 37.0 Å². The lowest BCUT2D eigenvalue weighted by molar-refractivity contribution is -0.120. The molecule has 3 rings (SSSR count). The lowest BCUT2D eigenvalue weighted by Crippen LogP contribution is -2.34. The SMILES string of the molecule is C=CC(=O)Nc1ccc(S(=O)(=O)NCCNC(=O)CC2=C(OC3=CCCC=C3)C=CCC2)cc1. The first-order chi connectivity index (χ1) is 16.4. The lowest BCUT2D eigenvalue weighted by atomic mass is 10.00. The van der Waals surface area contributed by atoms with Crippen LogP contribution in [-0.4, -0.2) is 33.3 Å². The first-order valence-electron chi connectivity index (χ1n) is 11.1. The van der Waals surface area contributed by atoms with E-state index in [1.54, 1.807) is 0 Å². The second-order valence-corrected chi connectivity index (χ2v) is 9.51. The van der Waals surface area contributed by atoms with E-state index in [0.29, 0.717) is 11.4 Å². The van der Waals surface area contributed by atoms with Gasteiger partial charge in [-0.2, -0.15) is 0 Å². The highest BCUT2D eigenvalue weighted by Gasteiger charge is 2.16. The Kier molecular flexibility index (Phi) is 9.00. The molecule has 0 spiro atoms. The molecule has 34 heavy (non-hydrogen) atoms. The predicted octanol–water partition coefficient (Wildman–Crippen LogP) is 3.45. The summed E-state index contributed by atoms with van der Waals surface area (Å²) in [6.07, 6.45) is 14.8. The summed E-state index contributed by atoms with van der Waals surface area (Å²) >= 11 is 0. The Morgan fingerprint density at radius 3 is 2.50 bits per heavy atom.